The molecular formula is C15H16F6N2O. The molecule has 0 amide bonds. The second kappa shape index (κ2) is 6.72. The molecule has 0 spiro atoms. The predicted molar refractivity (Wildman–Crippen MR) is 74.7 cm³/mol. The van der Waals surface area contributed by atoms with Gasteiger partial charge in [0.1, 0.15) is 0 Å². The van der Waals surface area contributed by atoms with E-state index in [4.69, 9.17) is 0 Å². The Morgan fingerprint density at radius 1 is 1.00 bits per heavy atom. The summed E-state index contributed by atoms with van der Waals surface area (Å²) in [6, 6.07) is 1.12. The van der Waals surface area contributed by atoms with Gasteiger partial charge in [-0.15, -0.1) is 0 Å². The van der Waals surface area contributed by atoms with Crippen molar-refractivity contribution in [2.45, 2.75) is 12.4 Å². The van der Waals surface area contributed by atoms with Crippen molar-refractivity contribution in [1.29, 1.82) is 0 Å². The molecule has 0 aromatic heterocycles. The number of carbonyl (C=O) groups is 1. The van der Waals surface area contributed by atoms with Gasteiger partial charge < -0.3 is 4.90 Å². The molecule has 1 aromatic carbocycles. The quantitative estimate of drug-likeness (QED) is 0.615. The van der Waals surface area contributed by atoms with E-state index in [0.29, 0.717) is 38.3 Å². The Bertz CT molecular complexity index is 603. The molecule has 1 saturated heterocycles. The summed E-state index contributed by atoms with van der Waals surface area (Å²) >= 11 is 0. The second-order valence-electron chi connectivity index (χ2n) is 5.76. The third-order valence-electron chi connectivity index (χ3n) is 3.92. The van der Waals surface area contributed by atoms with E-state index < -0.39 is 34.8 Å². The van der Waals surface area contributed by atoms with Gasteiger partial charge >= 0.3 is 12.4 Å². The first-order chi connectivity index (χ1) is 11.0. The first-order valence-corrected chi connectivity index (χ1v) is 7.21. The number of hydrogen-bond acceptors (Lipinski definition) is 3. The Morgan fingerprint density at radius 2 is 1.58 bits per heavy atom. The van der Waals surface area contributed by atoms with Crippen LogP contribution in [0.4, 0.5) is 26.3 Å². The van der Waals surface area contributed by atoms with Gasteiger partial charge in [0.25, 0.3) is 0 Å². The molecule has 0 aliphatic carbocycles. The number of ketones is 1. The summed E-state index contributed by atoms with van der Waals surface area (Å²) in [7, 11) is 1.89. The third kappa shape index (κ3) is 4.47. The molecule has 3 nitrogen and oxygen atoms in total. The summed E-state index contributed by atoms with van der Waals surface area (Å²) in [5.41, 5.74) is -3.70. The average molecular weight is 354 g/mol. The molecule has 1 aromatic rings. The van der Waals surface area contributed by atoms with E-state index in [0.717, 1.165) is 0 Å². The van der Waals surface area contributed by atoms with Crippen molar-refractivity contribution >= 4 is 5.78 Å². The Labute approximate surface area is 134 Å². The normalized spacial score (nSPS) is 18.0. The van der Waals surface area contributed by atoms with Crippen LogP contribution in [0.15, 0.2) is 18.2 Å². The van der Waals surface area contributed by atoms with E-state index in [1.807, 2.05) is 11.9 Å². The van der Waals surface area contributed by atoms with Crippen molar-refractivity contribution < 1.29 is 31.1 Å². The fourth-order valence-corrected chi connectivity index (χ4v) is 2.49. The van der Waals surface area contributed by atoms with Crippen LogP contribution in [0.3, 0.4) is 0 Å². The maximum Gasteiger partial charge on any atom is 0.417 e. The van der Waals surface area contributed by atoms with Crippen LogP contribution in [-0.2, 0) is 12.4 Å². The Hall–Kier alpha value is -1.61. The Kier molecular flexibility index (Phi) is 5.24. The number of nitrogens with zero attached hydrogens (tertiary/aromatic N) is 2. The number of carbonyl (C=O) groups excluding carboxylic acids is 1. The number of rotatable bonds is 3. The van der Waals surface area contributed by atoms with Crippen LogP contribution in [0.2, 0.25) is 0 Å². The van der Waals surface area contributed by atoms with E-state index in [2.05, 4.69) is 0 Å². The average Bonchev–Trinajstić information content (AvgIpc) is 2.47. The lowest BCUT2D eigenvalue weighted by atomic mass is 9.99. The van der Waals surface area contributed by atoms with Crippen LogP contribution < -0.4 is 0 Å². The zero-order chi connectivity index (χ0) is 18.1. The van der Waals surface area contributed by atoms with Crippen LogP contribution in [0, 0.1) is 0 Å². The first kappa shape index (κ1) is 18.7. The maximum atomic E-state index is 13.1. The Balaban J connectivity index is 2.26. The molecule has 1 fully saturated rings. The topological polar surface area (TPSA) is 23.6 Å². The van der Waals surface area contributed by atoms with E-state index in [1.54, 1.807) is 4.90 Å². The highest BCUT2D eigenvalue weighted by atomic mass is 19.4. The fraction of sp³-hybridized carbons (Fsp3) is 0.533. The molecule has 0 unspecified atom stereocenters. The number of likely N-dealkylation sites (N-methyl/N-ethyl adjacent to an activating group) is 1. The highest BCUT2D eigenvalue weighted by molar-refractivity contribution is 5.99. The number of halogens is 6. The van der Waals surface area contributed by atoms with Crippen molar-refractivity contribution in [2.24, 2.45) is 0 Å². The molecule has 9 heteroatoms. The van der Waals surface area contributed by atoms with Gasteiger partial charge in [-0.3, -0.25) is 9.69 Å². The summed E-state index contributed by atoms with van der Waals surface area (Å²) < 4.78 is 77.1. The molecule has 1 aliphatic rings. The fourth-order valence-electron chi connectivity index (χ4n) is 2.49. The number of alkyl halides is 6. The van der Waals surface area contributed by atoms with Crippen molar-refractivity contribution in [1.82, 2.24) is 9.80 Å². The molecule has 1 aliphatic heterocycles. The van der Waals surface area contributed by atoms with Gasteiger partial charge in [0.15, 0.2) is 5.78 Å². The van der Waals surface area contributed by atoms with Gasteiger partial charge in [0, 0.05) is 31.7 Å². The molecule has 0 radical (unpaired) electrons. The van der Waals surface area contributed by atoms with Crippen molar-refractivity contribution in [3.63, 3.8) is 0 Å². The standard InChI is InChI=1S/C15H16F6N2O/c1-22-4-6-23(7-5-22)9-13(24)11-3-2-10(14(16,17)18)8-12(11)15(19,20)21/h2-3,8H,4-7,9H2,1H3. The Morgan fingerprint density at radius 3 is 2.08 bits per heavy atom. The van der Waals surface area contributed by atoms with Crippen LogP contribution in [-0.4, -0.2) is 55.4 Å². The van der Waals surface area contributed by atoms with Crippen molar-refractivity contribution in [3.05, 3.63) is 34.9 Å². The lowest BCUT2D eigenvalue weighted by molar-refractivity contribution is -0.143. The summed E-state index contributed by atoms with van der Waals surface area (Å²) in [4.78, 5) is 15.9. The van der Waals surface area contributed by atoms with E-state index in [9.17, 15) is 31.1 Å². The van der Waals surface area contributed by atoms with Crippen LogP contribution >= 0.6 is 0 Å². The highest BCUT2D eigenvalue weighted by Crippen LogP contribution is 2.37. The minimum atomic E-state index is -5.03. The molecule has 0 saturated carbocycles. The molecule has 0 N–H and O–H groups in total. The van der Waals surface area contributed by atoms with E-state index in [-0.39, 0.29) is 12.6 Å². The van der Waals surface area contributed by atoms with Gasteiger partial charge in [0.05, 0.1) is 17.7 Å². The third-order valence-corrected chi connectivity index (χ3v) is 3.92. The van der Waals surface area contributed by atoms with E-state index >= 15 is 0 Å². The second-order valence-corrected chi connectivity index (χ2v) is 5.76. The van der Waals surface area contributed by atoms with Crippen LogP contribution in [0.25, 0.3) is 0 Å². The molecule has 134 valence electrons. The van der Waals surface area contributed by atoms with Gasteiger partial charge in [-0.25, -0.2) is 0 Å². The molecule has 24 heavy (non-hydrogen) atoms. The molecule has 2 rings (SSSR count). The molecule has 0 atom stereocenters. The smallest absolute Gasteiger partial charge is 0.304 e. The summed E-state index contributed by atoms with van der Waals surface area (Å²) in [5, 5.41) is 0. The zero-order valence-corrected chi connectivity index (χ0v) is 12.8. The highest BCUT2D eigenvalue weighted by Gasteiger charge is 2.39. The summed E-state index contributed by atoms with van der Waals surface area (Å²) in [6.07, 6.45) is -9.94. The molecule has 1 heterocycles. The zero-order valence-electron chi connectivity index (χ0n) is 12.8. The minimum absolute atomic E-state index is 0.00276. The lowest BCUT2D eigenvalue weighted by Crippen LogP contribution is -2.46. The van der Waals surface area contributed by atoms with Gasteiger partial charge in [-0.05, 0) is 19.2 Å². The van der Waals surface area contributed by atoms with Crippen molar-refractivity contribution in [2.75, 3.05) is 39.8 Å². The largest absolute Gasteiger partial charge is 0.417 e. The van der Waals surface area contributed by atoms with Crippen molar-refractivity contribution in [3.8, 4) is 0 Å². The first-order valence-electron chi connectivity index (χ1n) is 7.21. The van der Waals surface area contributed by atoms with Gasteiger partial charge in [0.2, 0.25) is 0 Å². The van der Waals surface area contributed by atoms with Gasteiger partial charge in [-0.2, -0.15) is 26.3 Å². The number of benzene rings is 1. The summed E-state index contributed by atoms with van der Waals surface area (Å²) in [5.74, 6) is -0.833. The SMILES string of the molecule is CN1CCN(CC(=O)c2ccc(C(F)(F)F)cc2C(F)(F)F)CC1. The monoisotopic (exact) mass is 354 g/mol. The minimum Gasteiger partial charge on any atom is -0.304 e. The molecule has 0 bridgehead atoms. The molecular weight excluding hydrogens is 338 g/mol. The van der Waals surface area contributed by atoms with Gasteiger partial charge in [-0.1, -0.05) is 6.07 Å². The van der Waals surface area contributed by atoms with Crippen LogP contribution in [0.1, 0.15) is 21.5 Å². The number of Topliss-reactive ketones (excluding diaryl/α,β-unsaturated/α-hetero) is 1. The predicted octanol–water partition coefficient (Wildman–Crippen LogP) is 3.15. The number of piperazine rings is 1. The maximum absolute atomic E-state index is 13.1. The van der Waals surface area contributed by atoms with Crippen LogP contribution in [0.5, 0.6) is 0 Å². The van der Waals surface area contributed by atoms with E-state index in [1.165, 1.54) is 0 Å². The summed E-state index contributed by atoms with van der Waals surface area (Å²) in [6.45, 7) is 2.13. The number of hydrogen-bond donors (Lipinski definition) is 0. The lowest BCUT2D eigenvalue weighted by Gasteiger charge is -2.32.